The fourth-order valence-electron chi connectivity index (χ4n) is 3.50. The maximum atomic E-state index is 12.4. The molecule has 0 saturated carbocycles. The van der Waals surface area contributed by atoms with Gasteiger partial charge in [-0.1, -0.05) is 0 Å². The summed E-state index contributed by atoms with van der Waals surface area (Å²) in [6.45, 7) is 4.51. The van der Waals surface area contributed by atoms with Crippen molar-refractivity contribution in [3.63, 3.8) is 0 Å². The fourth-order valence-corrected chi connectivity index (χ4v) is 3.50. The SMILES string of the molecule is COc1ccc(N2CCN(C(=O)CC(=O)N3CCCCC3)CC2)cc1. The zero-order valence-corrected chi connectivity index (χ0v) is 14.9. The van der Waals surface area contributed by atoms with Crippen molar-refractivity contribution in [3.8, 4) is 5.75 Å². The van der Waals surface area contributed by atoms with Crippen LogP contribution in [0.25, 0.3) is 0 Å². The predicted molar refractivity (Wildman–Crippen MR) is 96.8 cm³/mol. The van der Waals surface area contributed by atoms with Crippen LogP contribution in [0, 0.1) is 0 Å². The van der Waals surface area contributed by atoms with Gasteiger partial charge >= 0.3 is 0 Å². The number of likely N-dealkylation sites (tertiary alicyclic amines) is 1. The number of benzene rings is 1. The van der Waals surface area contributed by atoms with Gasteiger partial charge in [-0.05, 0) is 43.5 Å². The molecule has 0 aromatic heterocycles. The lowest BCUT2D eigenvalue weighted by Crippen LogP contribution is -2.50. The van der Waals surface area contributed by atoms with Gasteiger partial charge in [0.25, 0.3) is 0 Å². The van der Waals surface area contributed by atoms with E-state index >= 15 is 0 Å². The van der Waals surface area contributed by atoms with Gasteiger partial charge in [0.2, 0.25) is 11.8 Å². The highest BCUT2D eigenvalue weighted by Crippen LogP contribution is 2.20. The summed E-state index contributed by atoms with van der Waals surface area (Å²) < 4.78 is 5.18. The molecule has 2 saturated heterocycles. The molecule has 0 radical (unpaired) electrons. The number of ether oxygens (including phenoxy) is 1. The smallest absolute Gasteiger partial charge is 0.232 e. The second kappa shape index (κ2) is 8.23. The number of hydrogen-bond acceptors (Lipinski definition) is 4. The zero-order valence-electron chi connectivity index (χ0n) is 14.9. The van der Waals surface area contributed by atoms with Crippen LogP contribution in [0.15, 0.2) is 24.3 Å². The minimum absolute atomic E-state index is 0.0118. The summed E-state index contributed by atoms with van der Waals surface area (Å²) in [4.78, 5) is 30.6. The summed E-state index contributed by atoms with van der Waals surface area (Å²) in [6.07, 6.45) is 3.31. The molecule has 6 heteroatoms. The highest BCUT2D eigenvalue weighted by atomic mass is 16.5. The van der Waals surface area contributed by atoms with E-state index < -0.39 is 0 Å². The number of piperazine rings is 1. The van der Waals surface area contributed by atoms with Crippen molar-refractivity contribution in [2.24, 2.45) is 0 Å². The molecule has 3 rings (SSSR count). The molecule has 136 valence electrons. The second-order valence-electron chi connectivity index (χ2n) is 6.68. The number of carbonyl (C=O) groups excluding carboxylic acids is 2. The molecule has 1 aromatic rings. The Balaban J connectivity index is 1.47. The number of rotatable bonds is 4. The summed E-state index contributed by atoms with van der Waals surface area (Å²) in [5, 5.41) is 0. The minimum Gasteiger partial charge on any atom is -0.497 e. The average Bonchev–Trinajstić information content (AvgIpc) is 2.69. The first-order valence-electron chi connectivity index (χ1n) is 9.12. The van der Waals surface area contributed by atoms with Crippen LogP contribution in [0.4, 0.5) is 5.69 Å². The Hall–Kier alpha value is -2.24. The molecule has 0 unspecified atom stereocenters. The summed E-state index contributed by atoms with van der Waals surface area (Å²) in [7, 11) is 1.66. The van der Waals surface area contributed by atoms with E-state index in [9.17, 15) is 9.59 Å². The molecule has 25 heavy (non-hydrogen) atoms. The molecule has 2 fully saturated rings. The quantitative estimate of drug-likeness (QED) is 0.780. The average molecular weight is 345 g/mol. The standard InChI is InChI=1S/C19H27N3O3/c1-25-17-7-5-16(6-8-17)20-11-13-22(14-12-20)19(24)15-18(23)21-9-3-2-4-10-21/h5-8H,2-4,9-15H2,1H3. The van der Waals surface area contributed by atoms with E-state index in [1.807, 2.05) is 34.1 Å². The Morgan fingerprint density at radius 3 is 1.96 bits per heavy atom. The molecule has 0 aliphatic carbocycles. The van der Waals surface area contributed by atoms with Crippen LogP contribution >= 0.6 is 0 Å². The van der Waals surface area contributed by atoms with Gasteiger partial charge in [0.05, 0.1) is 7.11 Å². The molecule has 2 heterocycles. The number of methoxy groups -OCH3 is 1. The summed E-state index contributed by atoms with van der Waals surface area (Å²) >= 11 is 0. The van der Waals surface area contributed by atoms with Crippen LogP contribution in [-0.4, -0.2) is 68.0 Å². The van der Waals surface area contributed by atoms with E-state index in [4.69, 9.17) is 4.74 Å². The minimum atomic E-state index is -0.0371. The third-order valence-electron chi connectivity index (χ3n) is 5.08. The van der Waals surface area contributed by atoms with Crippen molar-refractivity contribution in [1.29, 1.82) is 0 Å². The Morgan fingerprint density at radius 2 is 1.40 bits per heavy atom. The van der Waals surface area contributed by atoms with Crippen LogP contribution < -0.4 is 9.64 Å². The molecular formula is C19H27N3O3. The van der Waals surface area contributed by atoms with Gasteiger partial charge in [-0.25, -0.2) is 0 Å². The first-order chi connectivity index (χ1) is 12.2. The summed E-state index contributed by atoms with van der Waals surface area (Å²) in [5.41, 5.74) is 1.14. The number of carbonyl (C=O) groups is 2. The summed E-state index contributed by atoms with van der Waals surface area (Å²) in [5.74, 6) is 0.793. The van der Waals surface area contributed by atoms with Gasteiger partial charge in [0.15, 0.2) is 0 Å². The Morgan fingerprint density at radius 1 is 0.840 bits per heavy atom. The molecule has 0 atom stereocenters. The van der Waals surface area contributed by atoms with Gasteiger partial charge in [0, 0.05) is 45.0 Å². The van der Waals surface area contributed by atoms with Crippen molar-refractivity contribution in [2.45, 2.75) is 25.7 Å². The fraction of sp³-hybridized carbons (Fsp3) is 0.579. The number of amides is 2. The molecular weight excluding hydrogens is 318 g/mol. The number of anilines is 1. The Labute approximate surface area is 149 Å². The molecule has 0 bridgehead atoms. The van der Waals surface area contributed by atoms with Crippen LogP contribution in [-0.2, 0) is 9.59 Å². The van der Waals surface area contributed by atoms with Crippen molar-refractivity contribution < 1.29 is 14.3 Å². The van der Waals surface area contributed by atoms with Crippen molar-refractivity contribution in [2.75, 3.05) is 51.3 Å². The number of hydrogen-bond donors (Lipinski definition) is 0. The van der Waals surface area contributed by atoms with Crippen molar-refractivity contribution in [3.05, 3.63) is 24.3 Å². The van der Waals surface area contributed by atoms with Crippen LogP contribution in [0.3, 0.4) is 0 Å². The Bertz CT molecular complexity index is 588. The van der Waals surface area contributed by atoms with E-state index in [1.165, 1.54) is 6.42 Å². The van der Waals surface area contributed by atoms with E-state index in [2.05, 4.69) is 4.90 Å². The van der Waals surface area contributed by atoms with Crippen LogP contribution in [0.2, 0.25) is 0 Å². The highest BCUT2D eigenvalue weighted by Gasteiger charge is 2.25. The molecule has 1 aromatic carbocycles. The first kappa shape index (κ1) is 17.6. The highest BCUT2D eigenvalue weighted by molar-refractivity contribution is 5.97. The molecule has 0 spiro atoms. The maximum Gasteiger partial charge on any atom is 0.232 e. The lowest BCUT2D eigenvalue weighted by atomic mass is 10.1. The first-order valence-corrected chi connectivity index (χ1v) is 9.12. The second-order valence-corrected chi connectivity index (χ2v) is 6.68. The van der Waals surface area contributed by atoms with Gasteiger partial charge < -0.3 is 19.4 Å². The van der Waals surface area contributed by atoms with E-state index in [0.29, 0.717) is 13.1 Å². The normalized spacial score (nSPS) is 18.2. The van der Waals surface area contributed by atoms with Gasteiger partial charge in [-0.15, -0.1) is 0 Å². The topological polar surface area (TPSA) is 53.1 Å². The molecule has 6 nitrogen and oxygen atoms in total. The van der Waals surface area contributed by atoms with Crippen LogP contribution in [0.5, 0.6) is 5.75 Å². The third-order valence-corrected chi connectivity index (χ3v) is 5.08. The van der Waals surface area contributed by atoms with Gasteiger partial charge in [0.1, 0.15) is 12.2 Å². The van der Waals surface area contributed by atoms with Gasteiger partial charge in [-0.3, -0.25) is 9.59 Å². The molecule has 0 N–H and O–H groups in total. The van der Waals surface area contributed by atoms with Gasteiger partial charge in [-0.2, -0.15) is 0 Å². The van der Waals surface area contributed by atoms with Crippen molar-refractivity contribution >= 4 is 17.5 Å². The monoisotopic (exact) mass is 345 g/mol. The maximum absolute atomic E-state index is 12.4. The van der Waals surface area contributed by atoms with Crippen LogP contribution in [0.1, 0.15) is 25.7 Å². The summed E-state index contributed by atoms with van der Waals surface area (Å²) in [6, 6.07) is 7.97. The third kappa shape index (κ3) is 4.44. The number of nitrogens with zero attached hydrogens (tertiary/aromatic N) is 3. The number of piperidine rings is 1. The molecule has 2 aliphatic heterocycles. The predicted octanol–water partition coefficient (Wildman–Crippen LogP) is 1.75. The molecule has 2 amide bonds. The largest absolute Gasteiger partial charge is 0.497 e. The van der Waals surface area contributed by atoms with E-state index in [-0.39, 0.29) is 18.2 Å². The van der Waals surface area contributed by atoms with E-state index in [1.54, 1.807) is 7.11 Å². The lowest BCUT2D eigenvalue weighted by Gasteiger charge is -2.36. The van der Waals surface area contributed by atoms with E-state index in [0.717, 1.165) is 50.5 Å². The lowest BCUT2D eigenvalue weighted by molar-refractivity contribution is -0.141. The molecule has 2 aliphatic rings. The Kier molecular flexibility index (Phi) is 5.79. The van der Waals surface area contributed by atoms with Crippen molar-refractivity contribution in [1.82, 2.24) is 9.80 Å². The zero-order chi connectivity index (χ0) is 17.6.